The molecule has 0 bridgehead atoms. The van der Waals surface area contributed by atoms with Crippen LogP contribution in [0.2, 0.25) is 0 Å². The zero-order valence-corrected chi connectivity index (χ0v) is 12.0. The number of morpholine rings is 1. The minimum atomic E-state index is 0.272. The molecule has 2 fully saturated rings. The van der Waals surface area contributed by atoms with Gasteiger partial charge in [0.05, 0.1) is 12.2 Å². The number of aromatic nitrogens is 3. The van der Waals surface area contributed by atoms with Crippen molar-refractivity contribution in [2.24, 2.45) is 5.92 Å². The summed E-state index contributed by atoms with van der Waals surface area (Å²) in [5.74, 6) is 1.90. The lowest BCUT2D eigenvalue weighted by Crippen LogP contribution is -2.48. The second kappa shape index (κ2) is 4.45. The van der Waals surface area contributed by atoms with E-state index in [2.05, 4.69) is 41.0 Å². The van der Waals surface area contributed by atoms with E-state index in [1.54, 1.807) is 6.33 Å². The van der Waals surface area contributed by atoms with Crippen molar-refractivity contribution in [2.75, 3.05) is 18.0 Å². The summed E-state index contributed by atoms with van der Waals surface area (Å²) >= 11 is 0. The minimum Gasteiger partial charge on any atom is -0.371 e. The third-order valence-electron chi connectivity index (χ3n) is 4.26. The maximum atomic E-state index is 6.10. The monoisotopic (exact) mass is 272 g/mol. The van der Waals surface area contributed by atoms with Crippen LogP contribution in [0.5, 0.6) is 0 Å². The van der Waals surface area contributed by atoms with Gasteiger partial charge in [-0.25, -0.2) is 4.98 Å². The first-order valence-corrected chi connectivity index (χ1v) is 7.41. The van der Waals surface area contributed by atoms with Crippen LogP contribution in [0.1, 0.15) is 25.3 Å². The van der Waals surface area contributed by atoms with Crippen molar-refractivity contribution in [2.45, 2.75) is 38.9 Å². The highest BCUT2D eigenvalue weighted by Crippen LogP contribution is 2.37. The molecule has 0 aromatic carbocycles. The van der Waals surface area contributed by atoms with Gasteiger partial charge in [0.1, 0.15) is 12.1 Å². The number of ether oxygens (including phenoxy) is 1. The van der Waals surface area contributed by atoms with Crippen molar-refractivity contribution in [3.63, 3.8) is 0 Å². The van der Waals surface area contributed by atoms with Gasteiger partial charge >= 0.3 is 0 Å². The van der Waals surface area contributed by atoms with Gasteiger partial charge in [-0.15, -0.1) is 0 Å². The molecule has 5 nitrogen and oxygen atoms in total. The van der Waals surface area contributed by atoms with E-state index in [1.807, 2.05) is 4.52 Å². The zero-order valence-electron chi connectivity index (χ0n) is 12.0. The molecule has 0 N–H and O–H groups in total. The number of nitrogens with zero attached hydrogens (tertiary/aromatic N) is 4. The normalized spacial score (nSPS) is 27.2. The molecule has 5 heteroatoms. The van der Waals surface area contributed by atoms with Gasteiger partial charge in [0, 0.05) is 13.1 Å². The molecule has 106 valence electrons. The molecular weight excluding hydrogens is 252 g/mol. The van der Waals surface area contributed by atoms with Gasteiger partial charge in [0.25, 0.3) is 0 Å². The van der Waals surface area contributed by atoms with Gasteiger partial charge in [0.2, 0.25) is 0 Å². The topological polar surface area (TPSA) is 42.7 Å². The highest BCUT2D eigenvalue weighted by atomic mass is 16.5. The summed E-state index contributed by atoms with van der Waals surface area (Å²) in [6, 6.07) is 4.27. The fourth-order valence-electron chi connectivity index (χ4n) is 3.16. The second-order valence-electron chi connectivity index (χ2n) is 6.15. The molecule has 0 spiro atoms. The van der Waals surface area contributed by atoms with E-state index in [0.29, 0.717) is 6.10 Å². The summed E-state index contributed by atoms with van der Waals surface area (Å²) in [7, 11) is 0. The third kappa shape index (κ3) is 2.06. The van der Waals surface area contributed by atoms with Crippen molar-refractivity contribution in [3.05, 3.63) is 24.0 Å². The van der Waals surface area contributed by atoms with Gasteiger partial charge in [-0.1, -0.05) is 0 Å². The van der Waals surface area contributed by atoms with Crippen molar-refractivity contribution >= 4 is 11.5 Å². The first-order chi connectivity index (χ1) is 9.70. The van der Waals surface area contributed by atoms with E-state index < -0.39 is 0 Å². The van der Waals surface area contributed by atoms with Gasteiger partial charge in [-0.05, 0) is 50.3 Å². The molecule has 2 aromatic heterocycles. The SMILES string of the molecule is Cc1cc(N2C[C@@H](C3CC3)O[C@@H](C)C2)n2ncnc2c1. The fraction of sp³-hybridized carbons (Fsp3) is 0.600. The summed E-state index contributed by atoms with van der Waals surface area (Å²) < 4.78 is 8.04. The summed E-state index contributed by atoms with van der Waals surface area (Å²) in [5, 5.41) is 4.37. The molecule has 20 heavy (non-hydrogen) atoms. The Hall–Kier alpha value is -1.62. The zero-order chi connectivity index (χ0) is 13.7. The van der Waals surface area contributed by atoms with Crippen LogP contribution in [0.15, 0.2) is 18.5 Å². The molecule has 2 aliphatic rings. The number of fused-ring (bicyclic) bond motifs is 1. The van der Waals surface area contributed by atoms with Crippen LogP contribution in [0.25, 0.3) is 5.65 Å². The van der Waals surface area contributed by atoms with Crippen molar-refractivity contribution in [3.8, 4) is 0 Å². The lowest BCUT2D eigenvalue weighted by atomic mass is 10.1. The molecule has 2 aromatic rings. The molecule has 2 atom stereocenters. The Morgan fingerprint density at radius 1 is 1.25 bits per heavy atom. The van der Waals surface area contributed by atoms with E-state index in [0.717, 1.165) is 30.5 Å². The predicted octanol–water partition coefficient (Wildman–Crippen LogP) is 2.04. The molecule has 1 aliphatic heterocycles. The van der Waals surface area contributed by atoms with Crippen molar-refractivity contribution in [1.82, 2.24) is 14.6 Å². The van der Waals surface area contributed by atoms with Crippen LogP contribution in [0, 0.1) is 12.8 Å². The lowest BCUT2D eigenvalue weighted by Gasteiger charge is -2.38. The molecule has 4 rings (SSSR count). The molecular formula is C15H20N4O. The maximum Gasteiger partial charge on any atom is 0.157 e. The molecule has 3 heterocycles. The predicted molar refractivity (Wildman–Crippen MR) is 77.0 cm³/mol. The van der Waals surface area contributed by atoms with Crippen molar-refractivity contribution < 1.29 is 4.74 Å². The molecule has 1 saturated heterocycles. The number of hydrogen-bond donors (Lipinski definition) is 0. The first kappa shape index (κ1) is 12.1. The second-order valence-corrected chi connectivity index (χ2v) is 6.15. The van der Waals surface area contributed by atoms with E-state index >= 15 is 0 Å². The summed E-state index contributed by atoms with van der Waals surface area (Å²) in [5.41, 5.74) is 2.14. The van der Waals surface area contributed by atoms with Crippen molar-refractivity contribution in [1.29, 1.82) is 0 Å². The van der Waals surface area contributed by atoms with E-state index in [4.69, 9.17) is 4.74 Å². The Morgan fingerprint density at radius 3 is 2.90 bits per heavy atom. The van der Waals surface area contributed by atoms with Crippen LogP contribution in [-0.2, 0) is 4.74 Å². The Labute approximate surface area is 118 Å². The number of anilines is 1. The van der Waals surface area contributed by atoms with Crippen LogP contribution < -0.4 is 4.90 Å². The quantitative estimate of drug-likeness (QED) is 0.839. The van der Waals surface area contributed by atoms with E-state index in [1.165, 1.54) is 18.4 Å². The highest BCUT2D eigenvalue weighted by molar-refractivity contribution is 5.53. The average Bonchev–Trinajstić information content (AvgIpc) is 3.16. The minimum absolute atomic E-state index is 0.272. The van der Waals surface area contributed by atoms with Gasteiger partial charge in [0.15, 0.2) is 5.65 Å². The average molecular weight is 272 g/mol. The molecule has 1 aliphatic carbocycles. The van der Waals surface area contributed by atoms with E-state index in [-0.39, 0.29) is 6.10 Å². The van der Waals surface area contributed by atoms with Crippen LogP contribution in [0.4, 0.5) is 5.82 Å². The summed E-state index contributed by atoms with van der Waals surface area (Å²) in [4.78, 5) is 6.72. The Bertz CT molecular complexity index is 634. The third-order valence-corrected chi connectivity index (χ3v) is 4.26. The molecule has 0 amide bonds. The Kier molecular flexibility index (Phi) is 2.70. The van der Waals surface area contributed by atoms with Crippen LogP contribution in [-0.4, -0.2) is 39.9 Å². The lowest BCUT2D eigenvalue weighted by molar-refractivity contribution is -0.0274. The summed E-state index contributed by atoms with van der Waals surface area (Å²) in [6.45, 7) is 6.16. The number of pyridine rings is 1. The Morgan fingerprint density at radius 2 is 2.10 bits per heavy atom. The highest BCUT2D eigenvalue weighted by Gasteiger charge is 2.37. The fourth-order valence-corrected chi connectivity index (χ4v) is 3.16. The smallest absolute Gasteiger partial charge is 0.157 e. The largest absolute Gasteiger partial charge is 0.371 e. The van der Waals surface area contributed by atoms with Gasteiger partial charge in [-0.3, -0.25) is 0 Å². The maximum absolute atomic E-state index is 6.10. The number of rotatable bonds is 2. The van der Waals surface area contributed by atoms with E-state index in [9.17, 15) is 0 Å². The number of hydrogen-bond acceptors (Lipinski definition) is 4. The standard InChI is InChI=1S/C15H20N4O/c1-10-5-14-16-9-17-19(14)15(6-10)18-7-11(2)20-13(8-18)12-3-4-12/h5-6,9,11-13H,3-4,7-8H2,1-2H3/t11-,13-/m0/s1. The summed E-state index contributed by atoms with van der Waals surface area (Å²) in [6.07, 6.45) is 4.90. The van der Waals surface area contributed by atoms with Gasteiger partial charge < -0.3 is 9.64 Å². The molecule has 0 unspecified atom stereocenters. The van der Waals surface area contributed by atoms with Crippen LogP contribution in [0.3, 0.4) is 0 Å². The number of aryl methyl sites for hydroxylation is 1. The van der Waals surface area contributed by atoms with Gasteiger partial charge in [-0.2, -0.15) is 9.61 Å². The Balaban J connectivity index is 1.71. The first-order valence-electron chi connectivity index (χ1n) is 7.41. The molecule has 1 saturated carbocycles. The van der Waals surface area contributed by atoms with Crippen LogP contribution >= 0.6 is 0 Å². The molecule has 0 radical (unpaired) electrons.